The Bertz CT molecular complexity index is 532. The van der Waals surface area contributed by atoms with Gasteiger partial charge in [-0.3, -0.25) is 0 Å². The smallest absolute Gasteiger partial charge is 0.153 e. The summed E-state index contributed by atoms with van der Waals surface area (Å²) < 4.78 is 1.78. The van der Waals surface area contributed by atoms with Crippen molar-refractivity contribution in [2.45, 2.75) is 51.5 Å². The summed E-state index contributed by atoms with van der Waals surface area (Å²) in [4.78, 5) is 4.48. The Morgan fingerprint density at radius 3 is 2.90 bits per heavy atom. The summed E-state index contributed by atoms with van der Waals surface area (Å²) in [6, 6.07) is 6.62. The highest BCUT2D eigenvalue weighted by molar-refractivity contribution is 5.44. The quantitative estimate of drug-likeness (QED) is 0.862. The average Bonchev–Trinajstić information content (AvgIpc) is 2.96. The molecule has 0 saturated heterocycles. The second-order valence-electron chi connectivity index (χ2n) is 5.98. The van der Waals surface area contributed by atoms with Crippen LogP contribution in [0.2, 0.25) is 0 Å². The van der Waals surface area contributed by atoms with E-state index in [1.54, 1.807) is 10.9 Å². The molecule has 2 aromatic rings. The minimum atomic E-state index is 0.596. The maximum Gasteiger partial charge on any atom is 0.153 e. The van der Waals surface area contributed by atoms with Gasteiger partial charge in [0.15, 0.2) is 5.82 Å². The third kappa shape index (κ3) is 3.63. The molecule has 4 nitrogen and oxygen atoms in total. The fourth-order valence-corrected chi connectivity index (χ4v) is 3.18. The van der Waals surface area contributed by atoms with Gasteiger partial charge in [-0.25, -0.2) is 9.67 Å². The van der Waals surface area contributed by atoms with Crippen molar-refractivity contribution in [3.05, 3.63) is 36.8 Å². The fourth-order valence-electron chi connectivity index (χ4n) is 3.18. The van der Waals surface area contributed by atoms with E-state index in [-0.39, 0.29) is 0 Å². The third-order valence-electron chi connectivity index (χ3n) is 4.52. The van der Waals surface area contributed by atoms with Gasteiger partial charge in [0.1, 0.15) is 0 Å². The van der Waals surface area contributed by atoms with Gasteiger partial charge in [0.2, 0.25) is 0 Å². The van der Waals surface area contributed by atoms with E-state index in [1.807, 2.05) is 24.5 Å². The van der Waals surface area contributed by atoms with Crippen molar-refractivity contribution in [1.82, 2.24) is 14.8 Å². The molecule has 0 radical (unpaired) electrons. The molecule has 112 valence electrons. The van der Waals surface area contributed by atoms with Crippen LogP contribution in [0.5, 0.6) is 0 Å². The first-order valence-electron chi connectivity index (χ1n) is 8.07. The van der Waals surface area contributed by atoms with Gasteiger partial charge in [-0.2, -0.15) is 5.10 Å². The molecule has 21 heavy (non-hydrogen) atoms. The highest BCUT2D eigenvalue weighted by atomic mass is 15.3. The summed E-state index contributed by atoms with van der Waals surface area (Å²) in [5, 5.41) is 7.84. The number of aromatic nitrogens is 3. The van der Waals surface area contributed by atoms with Crippen molar-refractivity contribution in [1.29, 1.82) is 0 Å². The maximum absolute atomic E-state index is 4.48. The van der Waals surface area contributed by atoms with Crippen molar-refractivity contribution in [2.75, 3.05) is 5.32 Å². The molecule has 3 rings (SSSR count). The van der Waals surface area contributed by atoms with Gasteiger partial charge in [-0.05, 0) is 43.4 Å². The number of pyridine rings is 1. The van der Waals surface area contributed by atoms with Crippen molar-refractivity contribution in [3.63, 3.8) is 0 Å². The van der Waals surface area contributed by atoms with Gasteiger partial charge in [0.05, 0.1) is 11.9 Å². The molecule has 2 unspecified atom stereocenters. The van der Waals surface area contributed by atoms with Crippen LogP contribution in [-0.4, -0.2) is 20.8 Å². The molecule has 0 aliphatic heterocycles. The zero-order valence-electron chi connectivity index (χ0n) is 12.7. The van der Waals surface area contributed by atoms with E-state index in [0.717, 1.165) is 17.4 Å². The van der Waals surface area contributed by atoms with E-state index < -0.39 is 0 Å². The first-order valence-corrected chi connectivity index (χ1v) is 8.07. The average molecular weight is 284 g/mol. The van der Waals surface area contributed by atoms with Crippen LogP contribution in [-0.2, 0) is 0 Å². The Hall–Kier alpha value is -1.84. The Morgan fingerprint density at radius 2 is 2.19 bits per heavy atom. The Balaban J connectivity index is 1.60. The summed E-state index contributed by atoms with van der Waals surface area (Å²) >= 11 is 0. The zero-order chi connectivity index (χ0) is 14.5. The summed E-state index contributed by atoms with van der Waals surface area (Å²) in [7, 11) is 0. The predicted molar refractivity (Wildman–Crippen MR) is 85.6 cm³/mol. The van der Waals surface area contributed by atoms with E-state index in [2.05, 4.69) is 28.4 Å². The minimum absolute atomic E-state index is 0.596. The SMILES string of the molecule is CCC1CCCC(Nc2ccc(-n3cccn3)nc2)CC1. The monoisotopic (exact) mass is 284 g/mol. The lowest BCUT2D eigenvalue weighted by molar-refractivity contribution is 0.444. The Morgan fingerprint density at radius 1 is 1.24 bits per heavy atom. The van der Waals surface area contributed by atoms with E-state index in [4.69, 9.17) is 0 Å². The van der Waals surface area contributed by atoms with Crippen LogP contribution >= 0.6 is 0 Å². The van der Waals surface area contributed by atoms with Gasteiger partial charge in [0, 0.05) is 18.4 Å². The molecule has 4 heteroatoms. The topological polar surface area (TPSA) is 42.7 Å². The van der Waals surface area contributed by atoms with Gasteiger partial charge >= 0.3 is 0 Å². The molecule has 1 aliphatic rings. The summed E-state index contributed by atoms with van der Waals surface area (Å²) in [5.41, 5.74) is 1.12. The van der Waals surface area contributed by atoms with E-state index in [1.165, 1.54) is 38.5 Å². The highest BCUT2D eigenvalue weighted by Crippen LogP contribution is 2.27. The van der Waals surface area contributed by atoms with Gasteiger partial charge in [-0.1, -0.05) is 26.2 Å². The maximum atomic E-state index is 4.48. The molecule has 1 aliphatic carbocycles. The van der Waals surface area contributed by atoms with E-state index in [9.17, 15) is 0 Å². The van der Waals surface area contributed by atoms with Crippen LogP contribution in [0.25, 0.3) is 5.82 Å². The number of hydrogen-bond acceptors (Lipinski definition) is 3. The second kappa shape index (κ2) is 6.74. The second-order valence-corrected chi connectivity index (χ2v) is 5.98. The summed E-state index contributed by atoms with van der Waals surface area (Å²) in [5.74, 6) is 1.79. The Labute approximate surface area is 126 Å². The fraction of sp³-hybridized carbons (Fsp3) is 0.529. The molecule has 0 aromatic carbocycles. The molecule has 0 spiro atoms. The number of nitrogens with zero attached hydrogens (tertiary/aromatic N) is 3. The van der Waals surface area contributed by atoms with Crippen LogP contribution in [0.3, 0.4) is 0 Å². The van der Waals surface area contributed by atoms with Crippen LogP contribution in [0.15, 0.2) is 36.8 Å². The van der Waals surface area contributed by atoms with Gasteiger partial charge in [-0.15, -0.1) is 0 Å². The van der Waals surface area contributed by atoms with Crippen molar-refractivity contribution in [3.8, 4) is 5.82 Å². The van der Waals surface area contributed by atoms with Gasteiger partial charge in [0.25, 0.3) is 0 Å². The van der Waals surface area contributed by atoms with Crippen LogP contribution < -0.4 is 5.32 Å². The highest BCUT2D eigenvalue weighted by Gasteiger charge is 2.17. The van der Waals surface area contributed by atoms with Crippen LogP contribution in [0, 0.1) is 5.92 Å². The van der Waals surface area contributed by atoms with Crippen LogP contribution in [0.4, 0.5) is 5.69 Å². The zero-order valence-corrected chi connectivity index (χ0v) is 12.7. The standard InChI is InChI=1S/C17H24N4/c1-2-14-5-3-6-15(8-7-14)20-16-9-10-17(18-13-16)21-12-4-11-19-21/h4,9-15,20H,2-3,5-8H2,1H3. The molecule has 2 aromatic heterocycles. The molecule has 0 bridgehead atoms. The third-order valence-corrected chi connectivity index (χ3v) is 4.52. The number of rotatable bonds is 4. The molecule has 1 saturated carbocycles. The molecule has 2 heterocycles. The van der Waals surface area contributed by atoms with Gasteiger partial charge < -0.3 is 5.32 Å². The van der Waals surface area contributed by atoms with Crippen molar-refractivity contribution in [2.24, 2.45) is 5.92 Å². The number of hydrogen-bond donors (Lipinski definition) is 1. The van der Waals surface area contributed by atoms with Crippen molar-refractivity contribution < 1.29 is 0 Å². The van der Waals surface area contributed by atoms with Crippen molar-refractivity contribution >= 4 is 5.69 Å². The first kappa shape index (κ1) is 14.1. The first-order chi connectivity index (χ1) is 10.3. The number of anilines is 1. The molecule has 2 atom stereocenters. The molecule has 1 fully saturated rings. The Kier molecular flexibility index (Phi) is 4.53. The minimum Gasteiger partial charge on any atom is -0.381 e. The lowest BCUT2D eigenvalue weighted by Gasteiger charge is -2.18. The molecular formula is C17H24N4. The molecule has 0 amide bonds. The predicted octanol–water partition coefficient (Wildman–Crippen LogP) is 4.04. The summed E-state index contributed by atoms with van der Waals surface area (Å²) in [6.07, 6.45) is 13.6. The molecule has 1 N–H and O–H groups in total. The van der Waals surface area contributed by atoms with E-state index in [0.29, 0.717) is 6.04 Å². The van der Waals surface area contributed by atoms with E-state index >= 15 is 0 Å². The molecular weight excluding hydrogens is 260 g/mol. The lowest BCUT2D eigenvalue weighted by atomic mass is 9.98. The normalized spacial score (nSPS) is 22.7. The lowest BCUT2D eigenvalue weighted by Crippen LogP contribution is -2.18. The summed E-state index contributed by atoms with van der Waals surface area (Å²) in [6.45, 7) is 2.32. The largest absolute Gasteiger partial charge is 0.381 e. The van der Waals surface area contributed by atoms with Crippen LogP contribution in [0.1, 0.15) is 45.4 Å². The number of nitrogens with one attached hydrogen (secondary N) is 1.